The van der Waals surface area contributed by atoms with E-state index in [1.165, 1.54) is 11.9 Å². The Kier molecular flexibility index (Phi) is 4.82. The molecule has 0 aliphatic rings. The number of rotatable bonds is 6. The fraction of sp³-hybridized carbons (Fsp3) is 0.211. The van der Waals surface area contributed by atoms with E-state index in [9.17, 15) is 4.79 Å². The number of carbonyl (C=O) groups excluding carboxylic acids is 1. The predicted molar refractivity (Wildman–Crippen MR) is 94.7 cm³/mol. The molecule has 0 amide bonds. The van der Waals surface area contributed by atoms with Gasteiger partial charge in [-0.15, -0.1) is 0 Å². The van der Waals surface area contributed by atoms with Crippen molar-refractivity contribution >= 4 is 28.2 Å². The summed E-state index contributed by atoms with van der Waals surface area (Å²) in [6.45, 7) is 2.06. The number of nitrogens with zero attached hydrogens (tertiary/aromatic N) is 2. The van der Waals surface area contributed by atoms with Crippen molar-refractivity contribution < 1.29 is 9.90 Å². The first-order chi connectivity index (χ1) is 11.7. The average Bonchev–Trinajstić information content (AvgIpc) is 2.61. The van der Waals surface area contributed by atoms with Gasteiger partial charge in [0.05, 0.1) is 5.52 Å². The zero-order chi connectivity index (χ0) is 16.9. The molecule has 0 saturated heterocycles. The third kappa shape index (κ3) is 3.58. The van der Waals surface area contributed by atoms with Crippen LogP contribution in [0.3, 0.4) is 0 Å². The Labute approximate surface area is 140 Å². The molecule has 2 N–H and O–H groups in total. The van der Waals surface area contributed by atoms with Crippen molar-refractivity contribution in [2.45, 2.75) is 19.8 Å². The number of hydrogen-bond donors (Lipinski definition) is 2. The molecule has 3 rings (SSSR count). The van der Waals surface area contributed by atoms with Crippen LogP contribution < -0.4 is 5.32 Å². The Morgan fingerprint density at radius 1 is 1.12 bits per heavy atom. The van der Waals surface area contributed by atoms with Crippen LogP contribution in [0.4, 0.5) is 11.5 Å². The van der Waals surface area contributed by atoms with Crippen molar-refractivity contribution in [3.8, 4) is 0 Å². The van der Waals surface area contributed by atoms with Gasteiger partial charge in [-0.1, -0.05) is 23.8 Å². The highest BCUT2D eigenvalue weighted by Gasteiger charge is 2.09. The molecule has 0 atom stereocenters. The van der Waals surface area contributed by atoms with E-state index in [0.29, 0.717) is 24.2 Å². The van der Waals surface area contributed by atoms with Crippen LogP contribution in [0, 0.1) is 6.92 Å². The minimum Gasteiger partial charge on any atom is -0.396 e. The molecule has 0 fully saturated rings. The van der Waals surface area contributed by atoms with Gasteiger partial charge >= 0.3 is 0 Å². The molecule has 0 unspecified atom stereocenters. The molecule has 0 spiro atoms. The maximum atomic E-state index is 12.1. The molecule has 122 valence electrons. The molecule has 3 aromatic rings. The summed E-state index contributed by atoms with van der Waals surface area (Å²) in [4.78, 5) is 20.7. The molecule has 24 heavy (non-hydrogen) atoms. The number of fused-ring (bicyclic) bond motifs is 1. The number of carbonyl (C=O) groups is 1. The van der Waals surface area contributed by atoms with Gasteiger partial charge < -0.3 is 10.4 Å². The van der Waals surface area contributed by atoms with Gasteiger partial charge in [0.1, 0.15) is 12.1 Å². The van der Waals surface area contributed by atoms with Crippen molar-refractivity contribution in [2.24, 2.45) is 0 Å². The number of aromatic nitrogens is 2. The van der Waals surface area contributed by atoms with Crippen LogP contribution in [0.2, 0.25) is 0 Å². The fourth-order valence-electron chi connectivity index (χ4n) is 2.49. The van der Waals surface area contributed by atoms with Crippen LogP contribution in [-0.4, -0.2) is 27.5 Å². The van der Waals surface area contributed by atoms with E-state index in [1.54, 1.807) is 12.1 Å². The Balaban J connectivity index is 1.90. The Hall–Kier alpha value is -2.79. The molecule has 0 radical (unpaired) electrons. The Morgan fingerprint density at radius 3 is 2.67 bits per heavy atom. The van der Waals surface area contributed by atoms with E-state index in [2.05, 4.69) is 15.3 Å². The molecule has 1 aromatic heterocycles. The topological polar surface area (TPSA) is 75.1 Å². The number of aliphatic hydroxyl groups excluding tert-OH is 1. The predicted octanol–water partition coefficient (Wildman–Crippen LogP) is 3.64. The van der Waals surface area contributed by atoms with E-state index in [-0.39, 0.29) is 12.4 Å². The molecule has 2 aromatic carbocycles. The Morgan fingerprint density at radius 2 is 1.92 bits per heavy atom. The van der Waals surface area contributed by atoms with Gasteiger partial charge in [-0.2, -0.15) is 0 Å². The maximum Gasteiger partial charge on any atom is 0.163 e. The molecule has 5 nitrogen and oxygen atoms in total. The monoisotopic (exact) mass is 321 g/mol. The average molecular weight is 321 g/mol. The minimum absolute atomic E-state index is 0.0117. The first-order valence-corrected chi connectivity index (χ1v) is 7.90. The van der Waals surface area contributed by atoms with Crippen LogP contribution >= 0.6 is 0 Å². The van der Waals surface area contributed by atoms with Gasteiger partial charge in [0.15, 0.2) is 5.78 Å². The molecule has 5 heteroatoms. The SMILES string of the molecule is Cc1ccc(Nc2ncnc3cc(C(=O)CCCO)ccc23)cc1. The van der Waals surface area contributed by atoms with E-state index in [4.69, 9.17) is 5.11 Å². The number of anilines is 2. The molecular formula is C19H19N3O2. The lowest BCUT2D eigenvalue weighted by Gasteiger charge is -2.09. The summed E-state index contributed by atoms with van der Waals surface area (Å²) in [7, 11) is 0. The molecule has 1 heterocycles. The number of nitrogens with one attached hydrogen (secondary N) is 1. The van der Waals surface area contributed by atoms with E-state index >= 15 is 0 Å². The van der Waals surface area contributed by atoms with Gasteiger partial charge in [-0.05, 0) is 37.6 Å². The molecule has 0 aliphatic carbocycles. The summed E-state index contributed by atoms with van der Waals surface area (Å²) < 4.78 is 0. The lowest BCUT2D eigenvalue weighted by Crippen LogP contribution is -2.01. The Bertz CT molecular complexity index is 860. The van der Waals surface area contributed by atoms with Crippen LogP contribution in [0.15, 0.2) is 48.8 Å². The fourth-order valence-corrected chi connectivity index (χ4v) is 2.49. The molecule has 0 bridgehead atoms. The number of aliphatic hydroxyl groups is 1. The van der Waals surface area contributed by atoms with Crippen LogP contribution in [0.5, 0.6) is 0 Å². The van der Waals surface area contributed by atoms with E-state index in [0.717, 1.165) is 16.6 Å². The largest absolute Gasteiger partial charge is 0.396 e. The van der Waals surface area contributed by atoms with Crippen molar-refractivity contribution in [1.29, 1.82) is 0 Å². The van der Waals surface area contributed by atoms with Crippen LogP contribution in [0.25, 0.3) is 10.9 Å². The zero-order valence-corrected chi connectivity index (χ0v) is 13.5. The van der Waals surface area contributed by atoms with Gasteiger partial charge in [-0.25, -0.2) is 9.97 Å². The summed E-state index contributed by atoms with van der Waals surface area (Å²) in [5, 5.41) is 13.0. The number of benzene rings is 2. The first-order valence-electron chi connectivity index (χ1n) is 7.90. The second-order valence-corrected chi connectivity index (χ2v) is 5.70. The number of Topliss-reactive ketones (excluding diaryl/α,β-unsaturated/α-hetero) is 1. The number of ketones is 1. The third-order valence-electron chi connectivity index (χ3n) is 3.83. The van der Waals surface area contributed by atoms with Gasteiger partial charge in [0, 0.05) is 29.7 Å². The van der Waals surface area contributed by atoms with Gasteiger partial charge in [0.2, 0.25) is 0 Å². The van der Waals surface area contributed by atoms with Crippen LogP contribution in [-0.2, 0) is 0 Å². The zero-order valence-electron chi connectivity index (χ0n) is 13.5. The van der Waals surface area contributed by atoms with Crippen molar-refractivity contribution in [2.75, 3.05) is 11.9 Å². The summed E-state index contributed by atoms with van der Waals surface area (Å²) in [6, 6.07) is 13.5. The molecule has 0 aliphatic heterocycles. The lowest BCUT2D eigenvalue weighted by molar-refractivity contribution is 0.0971. The highest BCUT2D eigenvalue weighted by Crippen LogP contribution is 2.24. The van der Waals surface area contributed by atoms with Gasteiger partial charge in [-0.3, -0.25) is 4.79 Å². The van der Waals surface area contributed by atoms with Crippen LogP contribution in [0.1, 0.15) is 28.8 Å². The minimum atomic E-state index is 0.0117. The maximum absolute atomic E-state index is 12.1. The van der Waals surface area contributed by atoms with Gasteiger partial charge in [0.25, 0.3) is 0 Å². The summed E-state index contributed by atoms with van der Waals surface area (Å²) in [6.07, 6.45) is 2.29. The molecular weight excluding hydrogens is 302 g/mol. The number of hydrogen-bond acceptors (Lipinski definition) is 5. The second kappa shape index (κ2) is 7.19. The third-order valence-corrected chi connectivity index (χ3v) is 3.83. The van der Waals surface area contributed by atoms with Crippen molar-refractivity contribution in [3.63, 3.8) is 0 Å². The normalized spacial score (nSPS) is 10.8. The number of aryl methyl sites for hydroxylation is 1. The second-order valence-electron chi connectivity index (χ2n) is 5.70. The van der Waals surface area contributed by atoms with E-state index < -0.39 is 0 Å². The smallest absolute Gasteiger partial charge is 0.163 e. The summed E-state index contributed by atoms with van der Waals surface area (Å²) >= 11 is 0. The first kappa shape index (κ1) is 16.1. The summed E-state index contributed by atoms with van der Waals surface area (Å²) in [5.41, 5.74) is 3.47. The highest BCUT2D eigenvalue weighted by atomic mass is 16.3. The van der Waals surface area contributed by atoms with Crippen molar-refractivity contribution in [1.82, 2.24) is 9.97 Å². The lowest BCUT2D eigenvalue weighted by atomic mass is 10.0. The summed E-state index contributed by atoms with van der Waals surface area (Å²) in [5.74, 6) is 0.718. The standard InChI is InChI=1S/C19H19N3O2/c1-13-4-7-15(8-5-13)22-19-16-9-6-14(18(24)3-2-10-23)11-17(16)20-12-21-19/h4-9,11-12,23H,2-3,10H2,1H3,(H,20,21,22). The van der Waals surface area contributed by atoms with Crippen molar-refractivity contribution in [3.05, 3.63) is 59.9 Å². The quantitative estimate of drug-likeness (QED) is 0.678. The molecule has 0 saturated carbocycles. The van der Waals surface area contributed by atoms with E-state index in [1.807, 2.05) is 37.3 Å². The highest BCUT2D eigenvalue weighted by molar-refractivity contribution is 6.01.